The molecule has 0 aliphatic carbocycles. The monoisotopic (exact) mass is 481 g/mol. The summed E-state index contributed by atoms with van der Waals surface area (Å²) in [5.41, 5.74) is 4.20. The van der Waals surface area contributed by atoms with Crippen LogP contribution in [0.1, 0.15) is 15.9 Å². The molecule has 0 spiro atoms. The van der Waals surface area contributed by atoms with Crippen LogP contribution in [0.25, 0.3) is 0 Å². The minimum atomic E-state index is -0.326. The van der Waals surface area contributed by atoms with Crippen molar-refractivity contribution < 1.29 is 19.1 Å². The molecule has 0 saturated heterocycles. The van der Waals surface area contributed by atoms with E-state index in [2.05, 4.69) is 31.8 Å². The molecule has 0 fully saturated rings. The molecule has 8 heteroatoms. The summed E-state index contributed by atoms with van der Waals surface area (Å²) in [6.45, 7) is -0.190. The Labute approximate surface area is 188 Å². The Morgan fingerprint density at radius 1 is 1.03 bits per heavy atom. The molecule has 0 bridgehead atoms. The van der Waals surface area contributed by atoms with E-state index in [1.54, 1.807) is 73.8 Å². The lowest BCUT2D eigenvalue weighted by molar-refractivity contribution is -0.118. The maximum atomic E-state index is 12.2. The zero-order valence-corrected chi connectivity index (χ0v) is 18.3. The summed E-state index contributed by atoms with van der Waals surface area (Å²) in [6.07, 6.45) is 1.46. The first-order valence-corrected chi connectivity index (χ1v) is 10.1. The lowest BCUT2D eigenvalue weighted by Gasteiger charge is -2.10. The first-order valence-electron chi connectivity index (χ1n) is 9.30. The maximum Gasteiger partial charge on any atom is 0.271 e. The molecule has 3 aromatic carbocycles. The van der Waals surface area contributed by atoms with Crippen molar-refractivity contribution in [1.29, 1.82) is 0 Å². The average molecular weight is 482 g/mol. The summed E-state index contributed by atoms with van der Waals surface area (Å²) >= 11 is 3.40. The Kier molecular flexibility index (Phi) is 7.78. The van der Waals surface area contributed by atoms with Crippen molar-refractivity contribution in [2.45, 2.75) is 0 Å². The number of carbonyl (C=O) groups excluding carboxylic acids is 2. The van der Waals surface area contributed by atoms with Crippen molar-refractivity contribution >= 4 is 39.6 Å². The fourth-order valence-corrected chi connectivity index (χ4v) is 2.96. The van der Waals surface area contributed by atoms with Gasteiger partial charge in [0.15, 0.2) is 6.61 Å². The number of ether oxygens (including phenoxy) is 2. The smallest absolute Gasteiger partial charge is 0.271 e. The van der Waals surface area contributed by atoms with Gasteiger partial charge in [0.2, 0.25) is 0 Å². The Morgan fingerprint density at radius 2 is 1.77 bits per heavy atom. The number of halogens is 1. The van der Waals surface area contributed by atoms with Crippen LogP contribution in [0.4, 0.5) is 5.69 Å². The Bertz CT molecular complexity index is 1070. The average Bonchev–Trinajstić information content (AvgIpc) is 2.79. The van der Waals surface area contributed by atoms with Gasteiger partial charge < -0.3 is 14.8 Å². The van der Waals surface area contributed by atoms with Gasteiger partial charge in [0.25, 0.3) is 11.8 Å². The molecule has 7 nitrogen and oxygen atoms in total. The summed E-state index contributed by atoms with van der Waals surface area (Å²) < 4.78 is 11.6. The number of anilines is 1. The third-order valence-electron chi connectivity index (χ3n) is 4.11. The van der Waals surface area contributed by atoms with Crippen LogP contribution >= 0.6 is 15.9 Å². The Hall–Kier alpha value is -3.65. The molecule has 0 aliphatic rings. The van der Waals surface area contributed by atoms with Gasteiger partial charge in [0.1, 0.15) is 11.5 Å². The number of carbonyl (C=O) groups is 2. The summed E-state index contributed by atoms with van der Waals surface area (Å²) in [7, 11) is 1.58. The molecule has 3 rings (SSSR count). The summed E-state index contributed by atoms with van der Waals surface area (Å²) in [5.74, 6) is 0.514. The largest absolute Gasteiger partial charge is 0.497 e. The quantitative estimate of drug-likeness (QED) is 0.372. The molecular weight excluding hydrogens is 462 g/mol. The molecule has 2 amide bonds. The number of benzene rings is 3. The van der Waals surface area contributed by atoms with Gasteiger partial charge in [-0.25, -0.2) is 5.43 Å². The minimum absolute atomic E-state index is 0.190. The van der Waals surface area contributed by atoms with Gasteiger partial charge in [-0.05, 0) is 54.6 Å². The number of hydrogen-bond acceptors (Lipinski definition) is 5. The van der Waals surface area contributed by atoms with Crippen LogP contribution in [-0.2, 0) is 4.79 Å². The molecule has 0 radical (unpaired) electrons. The van der Waals surface area contributed by atoms with E-state index < -0.39 is 0 Å². The van der Waals surface area contributed by atoms with Crippen molar-refractivity contribution in [3.63, 3.8) is 0 Å². The van der Waals surface area contributed by atoms with Crippen LogP contribution in [0.15, 0.2) is 82.4 Å². The minimum Gasteiger partial charge on any atom is -0.497 e. The summed E-state index contributed by atoms with van der Waals surface area (Å²) in [6, 6.07) is 21.0. The van der Waals surface area contributed by atoms with Gasteiger partial charge in [0.05, 0.1) is 13.3 Å². The SMILES string of the molecule is COc1ccc(NC(=O)COc2ccc(Br)cc2C=NNC(=O)c2ccccc2)cc1. The van der Waals surface area contributed by atoms with Crippen molar-refractivity contribution in [1.82, 2.24) is 5.43 Å². The van der Waals surface area contributed by atoms with Gasteiger partial charge in [0, 0.05) is 21.3 Å². The molecule has 158 valence electrons. The van der Waals surface area contributed by atoms with E-state index in [0.717, 1.165) is 4.47 Å². The van der Waals surface area contributed by atoms with Crippen LogP contribution in [-0.4, -0.2) is 31.7 Å². The van der Waals surface area contributed by atoms with Crippen LogP contribution < -0.4 is 20.2 Å². The van der Waals surface area contributed by atoms with E-state index >= 15 is 0 Å². The predicted molar refractivity (Wildman–Crippen MR) is 123 cm³/mol. The van der Waals surface area contributed by atoms with Gasteiger partial charge in [-0.2, -0.15) is 5.10 Å². The van der Waals surface area contributed by atoms with Gasteiger partial charge >= 0.3 is 0 Å². The van der Waals surface area contributed by atoms with E-state index in [9.17, 15) is 9.59 Å². The van der Waals surface area contributed by atoms with Crippen molar-refractivity contribution in [2.24, 2.45) is 5.10 Å². The maximum absolute atomic E-state index is 12.2. The number of hydrazone groups is 1. The fourth-order valence-electron chi connectivity index (χ4n) is 2.58. The summed E-state index contributed by atoms with van der Waals surface area (Å²) in [4.78, 5) is 24.3. The Morgan fingerprint density at radius 3 is 2.48 bits per heavy atom. The van der Waals surface area contributed by atoms with Crippen molar-refractivity contribution in [3.05, 3.63) is 88.4 Å². The highest BCUT2D eigenvalue weighted by Gasteiger charge is 2.08. The highest BCUT2D eigenvalue weighted by Crippen LogP contribution is 2.22. The zero-order chi connectivity index (χ0) is 22.1. The molecule has 2 N–H and O–H groups in total. The fraction of sp³-hybridized carbons (Fsp3) is 0.0870. The van der Waals surface area contributed by atoms with E-state index in [1.165, 1.54) is 6.21 Å². The van der Waals surface area contributed by atoms with Crippen molar-refractivity contribution in [2.75, 3.05) is 19.0 Å². The molecule has 0 unspecified atom stereocenters. The molecule has 3 aromatic rings. The third-order valence-corrected chi connectivity index (χ3v) is 4.60. The lowest BCUT2D eigenvalue weighted by Crippen LogP contribution is -2.20. The van der Waals surface area contributed by atoms with E-state index in [4.69, 9.17) is 9.47 Å². The summed E-state index contributed by atoms with van der Waals surface area (Å²) in [5, 5.41) is 6.74. The van der Waals surface area contributed by atoms with E-state index in [1.807, 2.05) is 6.07 Å². The first kappa shape index (κ1) is 22.0. The number of nitrogens with one attached hydrogen (secondary N) is 2. The molecule has 0 atom stereocenters. The number of rotatable bonds is 8. The number of amides is 2. The third kappa shape index (κ3) is 6.68. The first-order chi connectivity index (χ1) is 15.0. The van der Waals surface area contributed by atoms with Gasteiger partial charge in [-0.15, -0.1) is 0 Å². The molecule has 0 heterocycles. The Balaban J connectivity index is 1.59. The normalized spacial score (nSPS) is 10.5. The topological polar surface area (TPSA) is 89.0 Å². The van der Waals surface area contributed by atoms with Crippen molar-refractivity contribution in [3.8, 4) is 11.5 Å². The number of hydrogen-bond donors (Lipinski definition) is 2. The second kappa shape index (κ2) is 10.9. The van der Waals surface area contributed by atoms with Gasteiger partial charge in [-0.1, -0.05) is 34.1 Å². The predicted octanol–water partition coefficient (Wildman–Crippen LogP) is 4.24. The van der Waals surface area contributed by atoms with E-state index in [-0.39, 0.29) is 18.4 Å². The molecule has 31 heavy (non-hydrogen) atoms. The number of methoxy groups -OCH3 is 1. The zero-order valence-electron chi connectivity index (χ0n) is 16.7. The second-order valence-corrected chi connectivity index (χ2v) is 7.23. The standard InChI is InChI=1S/C23H20BrN3O4/c1-30-20-10-8-19(9-11-20)26-22(28)15-31-21-12-7-18(24)13-17(21)14-25-27-23(29)16-5-3-2-4-6-16/h2-14H,15H2,1H3,(H,26,28)(H,27,29). The van der Waals surface area contributed by atoms with E-state index in [0.29, 0.717) is 28.3 Å². The molecular formula is C23H20BrN3O4. The highest BCUT2D eigenvalue weighted by molar-refractivity contribution is 9.10. The van der Waals surface area contributed by atoms with Crippen LogP contribution in [0.2, 0.25) is 0 Å². The molecule has 0 aromatic heterocycles. The number of nitrogens with zero attached hydrogens (tertiary/aromatic N) is 1. The molecule has 0 saturated carbocycles. The van der Waals surface area contributed by atoms with Crippen LogP contribution in [0.3, 0.4) is 0 Å². The second-order valence-electron chi connectivity index (χ2n) is 6.31. The lowest BCUT2D eigenvalue weighted by atomic mass is 10.2. The van der Waals surface area contributed by atoms with Crippen LogP contribution in [0, 0.1) is 0 Å². The molecule has 0 aliphatic heterocycles. The van der Waals surface area contributed by atoms with Gasteiger partial charge in [-0.3, -0.25) is 9.59 Å². The highest BCUT2D eigenvalue weighted by atomic mass is 79.9. The van der Waals surface area contributed by atoms with Crippen LogP contribution in [0.5, 0.6) is 11.5 Å².